The minimum Gasteiger partial charge on any atom is -0.336 e. The third-order valence-electron chi connectivity index (χ3n) is 3.58. The van der Waals surface area contributed by atoms with Gasteiger partial charge in [-0.3, -0.25) is 4.79 Å². The molecule has 1 amide bonds. The van der Waals surface area contributed by atoms with Crippen LogP contribution in [-0.4, -0.2) is 53.9 Å². The van der Waals surface area contributed by atoms with E-state index in [1.807, 2.05) is 13.1 Å². The second-order valence-electron chi connectivity index (χ2n) is 5.02. The number of aromatic nitrogens is 1. The predicted molar refractivity (Wildman–Crippen MR) is 71.6 cm³/mol. The molecule has 100 valence electrons. The first-order valence-corrected chi connectivity index (χ1v) is 6.43. The van der Waals surface area contributed by atoms with E-state index in [1.54, 1.807) is 17.0 Å². The van der Waals surface area contributed by atoms with Gasteiger partial charge < -0.3 is 9.80 Å². The van der Waals surface area contributed by atoms with Crippen molar-refractivity contribution in [2.75, 3.05) is 27.2 Å². The Morgan fingerprint density at radius 2 is 2.37 bits per heavy atom. The molecule has 19 heavy (non-hydrogen) atoms. The average molecular weight is 258 g/mol. The fourth-order valence-corrected chi connectivity index (χ4v) is 2.39. The van der Waals surface area contributed by atoms with Gasteiger partial charge in [0.25, 0.3) is 5.91 Å². The first-order chi connectivity index (χ1) is 9.11. The molecule has 1 aliphatic rings. The number of carbonyl (C=O) groups is 1. The quantitative estimate of drug-likeness (QED) is 0.797. The average Bonchev–Trinajstić information content (AvgIpc) is 2.46. The highest BCUT2D eigenvalue weighted by Gasteiger charge is 2.25. The molecule has 5 heteroatoms. The Morgan fingerprint density at radius 1 is 1.58 bits per heavy atom. The maximum absolute atomic E-state index is 12.3. The van der Waals surface area contributed by atoms with E-state index in [9.17, 15) is 4.79 Å². The monoisotopic (exact) mass is 258 g/mol. The first-order valence-electron chi connectivity index (χ1n) is 6.43. The molecule has 0 aromatic carbocycles. The molecule has 1 aliphatic heterocycles. The van der Waals surface area contributed by atoms with Crippen LogP contribution in [0.15, 0.2) is 18.3 Å². The Labute approximate surface area is 113 Å². The number of amides is 1. The van der Waals surface area contributed by atoms with Gasteiger partial charge >= 0.3 is 0 Å². The number of nitrogens with zero attached hydrogens (tertiary/aromatic N) is 4. The smallest absolute Gasteiger partial charge is 0.272 e. The topological polar surface area (TPSA) is 60.2 Å². The molecule has 0 spiro atoms. The molecule has 5 nitrogen and oxygen atoms in total. The van der Waals surface area contributed by atoms with Crippen LogP contribution in [0.4, 0.5) is 0 Å². The van der Waals surface area contributed by atoms with Gasteiger partial charge in [-0.25, -0.2) is 4.98 Å². The van der Waals surface area contributed by atoms with Gasteiger partial charge in [0.2, 0.25) is 0 Å². The summed E-state index contributed by atoms with van der Waals surface area (Å²) in [6.45, 7) is 1.99. The number of hydrogen-bond acceptors (Lipinski definition) is 4. The summed E-state index contributed by atoms with van der Waals surface area (Å²) in [4.78, 5) is 20.4. The summed E-state index contributed by atoms with van der Waals surface area (Å²) in [5.41, 5.74) is 0.867. The number of rotatable bonds is 2. The highest BCUT2D eigenvalue weighted by molar-refractivity contribution is 5.92. The Bertz CT molecular complexity index is 491. The molecule has 2 heterocycles. The van der Waals surface area contributed by atoms with Crippen molar-refractivity contribution < 1.29 is 4.79 Å². The lowest BCUT2D eigenvalue weighted by Gasteiger charge is -2.35. The number of likely N-dealkylation sites (N-methyl/N-ethyl adjacent to an activating group) is 2. The largest absolute Gasteiger partial charge is 0.336 e. The van der Waals surface area contributed by atoms with Gasteiger partial charge in [0.05, 0.1) is 5.56 Å². The first kappa shape index (κ1) is 13.5. The van der Waals surface area contributed by atoms with E-state index in [0.717, 1.165) is 25.9 Å². The summed E-state index contributed by atoms with van der Waals surface area (Å²) < 4.78 is 0. The van der Waals surface area contributed by atoms with Crippen molar-refractivity contribution in [1.29, 1.82) is 5.26 Å². The Morgan fingerprint density at radius 3 is 2.95 bits per heavy atom. The molecule has 0 N–H and O–H groups in total. The Kier molecular flexibility index (Phi) is 4.13. The van der Waals surface area contributed by atoms with E-state index in [2.05, 4.69) is 16.9 Å². The van der Waals surface area contributed by atoms with Gasteiger partial charge in [-0.05, 0) is 38.6 Å². The van der Waals surface area contributed by atoms with Crippen molar-refractivity contribution in [3.05, 3.63) is 29.6 Å². The van der Waals surface area contributed by atoms with Gasteiger partial charge in [-0.1, -0.05) is 0 Å². The zero-order valence-electron chi connectivity index (χ0n) is 11.3. The highest BCUT2D eigenvalue weighted by Crippen LogP contribution is 2.15. The van der Waals surface area contributed by atoms with Crippen LogP contribution < -0.4 is 0 Å². The summed E-state index contributed by atoms with van der Waals surface area (Å²) >= 11 is 0. The molecule has 1 aromatic rings. The van der Waals surface area contributed by atoms with Gasteiger partial charge in [0.15, 0.2) is 0 Å². The molecule has 0 bridgehead atoms. The van der Waals surface area contributed by atoms with Crippen molar-refractivity contribution in [2.45, 2.75) is 18.9 Å². The fourth-order valence-electron chi connectivity index (χ4n) is 2.39. The van der Waals surface area contributed by atoms with E-state index in [0.29, 0.717) is 11.3 Å². The lowest BCUT2D eigenvalue weighted by molar-refractivity contribution is 0.0638. The molecular formula is C14H18N4O. The summed E-state index contributed by atoms with van der Waals surface area (Å²) in [7, 11) is 3.90. The van der Waals surface area contributed by atoms with Crippen molar-refractivity contribution >= 4 is 5.91 Å². The van der Waals surface area contributed by atoms with Crippen molar-refractivity contribution in [1.82, 2.24) is 14.8 Å². The molecule has 2 rings (SSSR count). The summed E-state index contributed by atoms with van der Waals surface area (Å²) in [5.74, 6) is -0.0789. The maximum atomic E-state index is 12.3. The minimum atomic E-state index is -0.0789. The van der Waals surface area contributed by atoms with E-state index >= 15 is 0 Å². The van der Waals surface area contributed by atoms with Crippen LogP contribution in [0.2, 0.25) is 0 Å². The molecule has 1 fully saturated rings. The minimum absolute atomic E-state index is 0.0789. The zero-order valence-corrected chi connectivity index (χ0v) is 11.3. The third kappa shape index (κ3) is 3.09. The Balaban J connectivity index is 2.07. The number of nitriles is 1. The molecule has 0 saturated carbocycles. The van der Waals surface area contributed by atoms with E-state index < -0.39 is 0 Å². The summed E-state index contributed by atoms with van der Waals surface area (Å²) in [6.07, 6.45) is 3.58. The molecule has 1 unspecified atom stereocenters. The van der Waals surface area contributed by atoms with E-state index in [-0.39, 0.29) is 11.9 Å². The molecule has 1 aromatic heterocycles. The van der Waals surface area contributed by atoms with Gasteiger partial charge in [0, 0.05) is 25.8 Å². The van der Waals surface area contributed by atoms with Crippen LogP contribution >= 0.6 is 0 Å². The van der Waals surface area contributed by atoms with Crippen LogP contribution in [-0.2, 0) is 0 Å². The van der Waals surface area contributed by atoms with Crippen LogP contribution in [0, 0.1) is 11.3 Å². The lowest BCUT2D eigenvalue weighted by atomic mass is 10.0. The molecule has 1 saturated heterocycles. The van der Waals surface area contributed by atoms with Crippen LogP contribution in [0.1, 0.15) is 28.9 Å². The highest BCUT2D eigenvalue weighted by atomic mass is 16.2. The maximum Gasteiger partial charge on any atom is 0.272 e. The second-order valence-corrected chi connectivity index (χ2v) is 5.02. The standard InChI is InChI=1S/C14H18N4O/c1-17-7-3-4-12(10-17)18(2)14(19)13-6-5-11(8-15)9-16-13/h5-6,9,12H,3-4,7,10H2,1-2H3. The third-order valence-corrected chi connectivity index (χ3v) is 3.58. The molecule has 0 radical (unpaired) electrons. The van der Waals surface area contributed by atoms with Gasteiger partial charge in [0.1, 0.15) is 11.8 Å². The number of piperidine rings is 1. The second kappa shape index (κ2) is 5.81. The number of likely N-dealkylation sites (tertiary alicyclic amines) is 1. The van der Waals surface area contributed by atoms with Crippen LogP contribution in [0.5, 0.6) is 0 Å². The number of hydrogen-bond donors (Lipinski definition) is 0. The van der Waals surface area contributed by atoms with Crippen molar-refractivity contribution in [2.24, 2.45) is 0 Å². The Hall–Kier alpha value is -1.93. The number of carbonyl (C=O) groups excluding carboxylic acids is 1. The zero-order chi connectivity index (χ0) is 13.8. The van der Waals surface area contributed by atoms with Gasteiger partial charge in [-0.2, -0.15) is 5.26 Å². The number of pyridine rings is 1. The SMILES string of the molecule is CN1CCCC(N(C)C(=O)c2ccc(C#N)cn2)C1. The normalized spacial score (nSPS) is 19.7. The lowest BCUT2D eigenvalue weighted by Crippen LogP contribution is -2.47. The summed E-state index contributed by atoms with van der Waals surface area (Å²) in [5, 5.41) is 8.72. The van der Waals surface area contributed by atoms with Crippen molar-refractivity contribution in [3.63, 3.8) is 0 Å². The molecular weight excluding hydrogens is 240 g/mol. The predicted octanol–water partition coefficient (Wildman–Crippen LogP) is 1.12. The summed E-state index contributed by atoms with van der Waals surface area (Å²) in [6, 6.07) is 5.48. The van der Waals surface area contributed by atoms with Crippen LogP contribution in [0.25, 0.3) is 0 Å². The fraction of sp³-hybridized carbons (Fsp3) is 0.500. The van der Waals surface area contributed by atoms with E-state index in [1.165, 1.54) is 6.20 Å². The van der Waals surface area contributed by atoms with E-state index in [4.69, 9.17) is 5.26 Å². The van der Waals surface area contributed by atoms with Crippen molar-refractivity contribution in [3.8, 4) is 6.07 Å². The molecule has 0 aliphatic carbocycles. The van der Waals surface area contributed by atoms with Gasteiger partial charge in [-0.15, -0.1) is 0 Å². The molecule has 1 atom stereocenters. The van der Waals surface area contributed by atoms with Crippen LogP contribution in [0.3, 0.4) is 0 Å².